The molecule has 146 valence electrons. The van der Waals surface area contributed by atoms with E-state index in [4.69, 9.17) is 9.37 Å². The van der Waals surface area contributed by atoms with Gasteiger partial charge in [0.15, 0.2) is 0 Å². The van der Waals surface area contributed by atoms with Crippen LogP contribution in [0.1, 0.15) is 55.6 Å². The Hall–Kier alpha value is -3.47. The van der Waals surface area contributed by atoms with Crippen LogP contribution in [0, 0.1) is 30.9 Å². The number of hydrogen-bond acceptors (Lipinski definition) is 4. The van der Waals surface area contributed by atoms with Gasteiger partial charge in [0.05, 0.1) is 16.8 Å². The molecule has 0 atom stereocenters. The Kier molecular flexibility index (Phi) is 4.79. The first kappa shape index (κ1) is 16.7. The van der Waals surface area contributed by atoms with E-state index in [1.54, 1.807) is 19.9 Å². The van der Waals surface area contributed by atoms with E-state index < -0.39 is 41.5 Å². The van der Waals surface area contributed by atoms with Gasteiger partial charge in [-0.15, -0.1) is 0 Å². The van der Waals surface area contributed by atoms with Crippen molar-refractivity contribution < 1.29 is 22.9 Å². The highest BCUT2D eigenvalue weighted by molar-refractivity contribution is 6.43. The first-order chi connectivity index (χ1) is 14.3. The molecule has 0 aliphatic carbocycles. The predicted octanol–water partition coefficient (Wildman–Crippen LogP) is 2.61. The largest absolute Gasteiger partial charge is 0.347 e. The van der Waals surface area contributed by atoms with Gasteiger partial charge >= 0.3 is 0 Å². The molecule has 0 spiro atoms. The highest BCUT2D eigenvalue weighted by atomic mass is 19.1. The van der Waals surface area contributed by atoms with E-state index in [1.807, 2.05) is 0 Å². The van der Waals surface area contributed by atoms with Gasteiger partial charge in [0, 0.05) is 28.6 Å². The average molecular weight is 387 g/mol. The molecular formula is C20H21FN4O3. The number of nitriles is 1. The maximum Gasteiger partial charge on any atom is 0.294 e. The zero-order chi connectivity index (χ0) is 23.7. The van der Waals surface area contributed by atoms with E-state index >= 15 is 0 Å². The van der Waals surface area contributed by atoms with Gasteiger partial charge in [-0.1, -0.05) is 0 Å². The Labute approximate surface area is 166 Å². The summed E-state index contributed by atoms with van der Waals surface area (Å²) >= 11 is 0. The minimum Gasteiger partial charge on any atom is -0.347 e. The lowest BCUT2D eigenvalue weighted by molar-refractivity contribution is -0.117. The minimum atomic E-state index is -2.89. The molecule has 2 amide bonds. The average Bonchev–Trinajstić information content (AvgIpc) is 2.93. The van der Waals surface area contributed by atoms with Gasteiger partial charge < -0.3 is 15.2 Å². The number of ketones is 1. The van der Waals surface area contributed by atoms with Crippen LogP contribution in [0.15, 0.2) is 18.2 Å². The fourth-order valence-electron chi connectivity index (χ4n) is 2.66. The molecule has 0 aliphatic rings. The maximum absolute atomic E-state index is 13.5. The van der Waals surface area contributed by atoms with Crippen LogP contribution in [0.2, 0.25) is 0 Å². The third-order valence-corrected chi connectivity index (χ3v) is 4.10. The van der Waals surface area contributed by atoms with Gasteiger partial charge in [0.2, 0.25) is 0 Å². The second-order valence-corrected chi connectivity index (χ2v) is 6.46. The van der Waals surface area contributed by atoms with Crippen LogP contribution in [0.5, 0.6) is 0 Å². The van der Waals surface area contributed by atoms with Crippen LogP contribution < -0.4 is 10.6 Å². The van der Waals surface area contributed by atoms with E-state index in [-0.39, 0.29) is 28.6 Å². The molecule has 0 saturated carbocycles. The second kappa shape index (κ2) is 8.05. The predicted molar refractivity (Wildman–Crippen MR) is 102 cm³/mol. The number of Topliss-reactive ketones (excluding diaryl/α,β-unsaturated/α-hetero) is 1. The molecule has 28 heavy (non-hydrogen) atoms. The number of nitrogens with one attached hydrogen (secondary N) is 2. The van der Waals surface area contributed by atoms with Gasteiger partial charge in [-0.05, 0) is 51.4 Å². The first-order valence-corrected chi connectivity index (χ1v) is 8.35. The number of carbonyl (C=O) groups excluding carboxylic acids is 3. The summed E-state index contributed by atoms with van der Waals surface area (Å²) in [7, 11) is 1.38. The number of halogens is 1. The summed E-state index contributed by atoms with van der Waals surface area (Å²) in [6.45, 7) is 1.83. The summed E-state index contributed by atoms with van der Waals surface area (Å²) < 4.78 is 38.3. The molecule has 0 saturated heterocycles. The molecule has 1 aromatic carbocycles. The van der Waals surface area contributed by atoms with E-state index in [2.05, 4.69) is 10.6 Å². The number of anilines is 1. The molecule has 7 nitrogen and oxygen atoms in total. The molecule has 0 aliphatic heterocycles. The van der Waals surface area contributed by atoms with Gasteiger partial charge in [0.1, 0.15) is 11.9 Å². The Bertz CT molecular complexity index is 1110. The molecule has 2 rings (SSSR count). The zero-order valence-corrected chi connectivity index (χ0v) is 15.8. The van der Waals surface area contributed by atoms with Crippen molar-refractivity contribution in [3.05, 3.63) is 52.1 Å². The molecule has 2 aromatic rings. The van der Waals surface area contributed by atoms with Gasteiger partial charge in [-0.2, -0.15) is 5.26 Å². The lowest BCUT2D eigenvalue weighted by Crippen LogP contribution is -2.37. The number of hydrogen-bond donors (Lipinski definition) is 2. The molecule has 0 bridgehead atoms. The fraction of sp³-hybridized carbons (Fsp3) is 0.300. The first-order valence-electron chi connectivity index (χ1n) is 9.85. The standard InChI is InChI=1S/C20H21FN4O3/c1-10(2)23-20(28)18(26)17-11(3)16(12(4)25(17)5)19(27)24-14-6-7-15(21)13(8-14)9-22/h6-8,10H,1-5H3,(H,23,28)(H,24,27)/i3D3. The molecule has 0 unspecified atom stereocenters. The lowest BCUT2D eigenvalue weighted by Gasteiger charge is -2.09. The Morgan fingerprint density at radius 3 is 2.57 bits per heavy atom. The summed E-state index contributed by atoms with van der Waals surface area (Å²) in [6, 6.07) is 4.59. The Balaban J connectivity index is 2.60. The van der Waals surface area contributed by atoms with Crippen molar-refractivity contribution in [2.24, 2.45) is 7.05 Å². The van der Waals surface area contributed by atoms with E-state index in [0.717, 1.165) is 12.1 Å². The number of aromatic nitrogens is 1. The molecule has 1 heterocycles. The van der Waals surface area contributed by atoms with Gasteiger partial charge in [-0.3, -0.25) is 14.4 Å². The number of nitrogens with zero attached hydrogens (tertiary/aromatic N) is 2. The van der Waals surface area contributed by atoms with Gasteiger partial charge in [0.25, 0.3) is 17.6 Å². The van der Waals surface area contributed by atoms with E-state index in [0.29, 0.717) is 0 Å². The number of benzene rings is 1. The number of amides is 2. The van der Waals surface area contributed by atoms with Crippen LogP contribution in [0.3, 0.4) is 0 Å². The third kappa shape index (κ3) is 3.93. The smallest absolute Gasteiger partial charge is 0.294 e. The molecule has 0 radical (unpaired) electrons. The molecular weight excluding hydrogens is 363 g/mol. The summed E-state index contributed by atoms with van der Waals surface area (Å²) in [6.07, 6.45) is 0. The molecule has 2 N–H and O–H groups in total. The zero-order valence-electron chi connectivity index (χ0n) is 18.8. The Morgan fingerprint density at radius 1 is 1.32 bits per heavy atom. The summed E-state index contributed by atoms with van der Waals surface area (Å²) in [4.78, 5) is 37.9. The van der Waals surface area contributed by atoms with Crippen LogP contribution >= 0.6 is 0 Å². The highest BCUT2D eigenvalue weighted by Gasteiger charge is 2.28. The van der Waals surface area contributed by atoms with E-state index in [1.165, 1.54) is 24.6 Å². The second-order valence-electron chi connectivity index (χ2n) is 6.46. The van der Waals surface area contributed by atoms with Gasteiger partial charge in [-0.25, -0.2) is 4.39 Å². The van der Waals surface area contributed by atoms with Crippen molar-refractivity contribution >= 4 is 23.3 Å². The topological polar surface area (TPSA) is 104 Å². The summed E-state index contributed by atoms with van der Waals surface area (Å²) in [5, 5.41) is 13.8. The van der Waals surface area contributed by atoms with Crippen molar-refractivity contribution in [3.63, 3.8) is 0 Å². The van der Waals surface area contributed by atoms with Crippen molar-refractivity contribution in [1.82, 2.24) is 9.88 Å². The highest BCUT2D eigenvalue weighted by Crippen LogP contribution is 2.23. The van der Waals surface area contributed by atoms with Crippen LogP contribution in [0.25, 0.3) is 0 Å². The minimum absolute atomic E-state index is 0.0631. The van der Waals surface area contributed by atoms with Crippen molar-refractivity contribution in [2.45, 2.75) is 33.7 Å². The maximum atomic E-state index is 13.5. The molecule has 0 fully saturated rings. The normalized spacial score (nSPS) is 12.5. The SMILES string of the molecule is [2H]C([2H])([2H])c1c(C(=O)Nc2ccc(F)c(C#N)c2)c(C)n(C)c1C(=O)C(=O)NC(C)C. The molecule has 1 aromatic heterocycles. The third-order valence-electron chi connectivity index (χ3n) is 4.10. The van der Waals surface area contributed by atoms with Crippen molar-refractivity contribution in [2.75, 3.05) is 5.32 Å². The monoisotopic (exact) mass is 387 g/mol. The lowest BCUT2D eigenvalue weighted by atomic mass is 10.1. The van der Waals surface area contributed by atoms with Crippen molar-refractivity contribution in [1.29, 1.82) is 5.26 Å². The quantitative estimate of drug-likeness (QED) is 0.608. The summed E-state index contributed by atoms with van der Waals surface area (Å²) in [5.41, 5.74) is -1.37. The van der Waals surface area contributed by atoms with Crippen molar-refractivity contribution in [3.8, 4) is 6.07 Å². The Morgan fingerprint density at radius 2 is 2.00 bits per heavy atom. The van der Waals surface area contributed by atoms with Crippen LogP contribution in [-0.4, -0.2) is 28.2 Å². The summed E-state index contributed by atoms with van der Waals surface area (Å²) in [5.74, 6) is -3.73. The van der Waals surface area contributed by atoms with Crippen LogP contribution in [-0.2, 0) is 11.8 Å². The molecule has 8 heteroatoms. The fourth-order valence-corrected chi connectivity index (χ4v) is 2.66. The van der Waals surface area contributed by atoms with E-state index in [9.17, 15) is 18.8 Å². The number of rotatable bonds is 5. The van der Waals surface area contributed by atoms with Crippen LogP contribution in [0.4, 0.5) is 10.1 Å². The number of carbonyl (C=O) groups is 3.